The Morgan fingerprint density at radius 1 is 1.20 bits per heavy atom. The highest BCUT2D eigenvalue weighted by Gasteiger charge is 2.06. The Morgan fingerprint density at radius 2 is 2.05 bits per heavy atom. The van der Waals surface area contributed by atoms with Crippen LogP contribution in [-0.2, 0) is 6.42 Å². The number of imidazole rings is 1. The van der Waals surface area contributed by atoms with Crippen molar-refractivity contribution in [1.29, 1.82) is 0 Å². The van der Waals surface area contributed by atoms with E-state index in [0.29, 0.717) is 11.6 Å². The van der Waals surface area contributed by atoms with E-state index >= 15 is 0 Å². The number of nitrogens with zero attached hydrogens (tertiary/aromatic N) is 4. The average Bonchev–Trinajstić information content (AvgIpc) is 2.96. The molecule has 0 aromatic carbocycles. The van der Waals surface area contributed by atoms with E-state index in [0.717, 1.165) is 18.6 Å². The van der Waals surface area contributed by atoms with Crippen molar-refractivity contribution in [2.75, 3.05) is 17.3 Å². The van der Waals surface area contributed by atoms with Crippen LogP contribution < -0.4 is 16.6 Å². The Labute approximate surface area is 115 Å². The zero-order chi connectivity index (χ0) is 13.8. The summed E-state index contributed by atoms with van der Waals surface area (Å²) in [6, 6.07) is 4.00. The van der Waals surface area contributed by atoms with Crippen LogP contribution in [0.4, 0.5) is 11.6 Å². The van der Waals surface area contributed by atoms with Crippen molar-refractivity contribution in [3.8, 4) is 0 Å². The molecule has 0 saturated carbocycles. The van der Waals surface area contributed by atoms with Crippen molar-refractivity contribution in [2.24, 2.45) is 5.84 Å². The minimum absolute atomic E-state index is 0.585. The lowest BCUT2D eigenvalue weighted by Gasteiger charge is -2.09. The zero-order valence-electron chi connectivity index (χ0n) is 10.8. The summed E-state index contributed by atoms with van der Waals surface area (Å²) in [5.41, 5.74) is 4.55. The second-order valence-electron chi connectivity index (χ2n) is 4.31. The smallest absolute Gasteiger partial charge is 0.180 e. The zero-order valence-corrected chi connectivity index (χ0v) is 10.8. The molecule has 0 spiro atoms. The minimum atomic E-state index is 0.585. The highest BCUT2D eigenvalue weighted by atomic mass is 15.3. The van der Waals surface area contributed by atoms with Gasteiger partial charge in [0.25, 0.3) is 0 Å². The highest BCUT2D eigenvalue weighted by Crippen LogP contribution is 2.15. The van der Waals surface area contributed by atoms with Crippen LogP contribution in [-0.4, -0.2) is 25.9 Å². The lowest BCUT2D eigenvalue weighted by atomic mass is 10.2. The Balaban J connectivity index is 1.75. The van der Waals surface area contributed by atoms with Crippen molar-refractivity contribution in [3.63, 3.8) is 0 Å². The van der Waals surface area contributed by atoms with Gasteiger partial charge in [0.15, 0.2) is 17.3 Å². The van der Waals surface area contributed by atoms with Gasteiger partial charge >= 0.3 is 0 Å². The summed E-state index contributed by atoms with van der Waals surface area (Å²) >= 11 is 0. The molecule has 0 amide bonds. The number of hydrazine groups is 1. The molecule has 0 bridgehead atoms. The summed E-state index contributed by atoms with van der Waals surface area (Å²) in [6.45, 7) is 0.757. The largest absolute Gasteiger partial charge is 0.367 e. The number of nitrogens with two attached hydrogens (primary N) is 1. The lowest BCUT2D eigenvalue weighted by Crippen LogP contribution is -2.13. The molecule has 0 aliphatic carbocycles. The molecule has 0 saturated heterocycles. The van der Waals surface area contributed by atoms with Crippen molar-refractivity contribution in [1.82, 2.24) is 19.4 Å². The first-order valence-corrected chi connectivity index (χ1v) is 6.30. The van der Waals surface area contributed by atoms with Gasteiger partial charge in [-0.1, -0.05) is 0 Å². The van der Waals surface area contributed by atoms with E-state index in [1.165, 1.54) is 5.56 Å². The molecule has 0 aliphatic heterocycles. The summed E-state index contributed by atoms with van der Waals surface area (Å²) in [4.78, 5) is 12.7. The standard InChI is InChI=1S/C13H15N7/c14-19-11-9-20-8-7-17-13(20)12(18-11)16-6-3-10-1-4-15-5-2-10/h1-2,4-5,7-9,19H,3,6,14H2,(H,16,18). The maximum Gasteiger partial charge on any atom is 0.180 e. The predicted molar refractivity (Wildman–Crippen MR) is 77.2 cm³/mol. The summed E-state index contributed by atoms with van der Waals surface area (Å²) < 4.78 is 1.87. The molecule has 0 aliphatic rings. The highest BCUT2D eigenvalue weighted by molar-refractivity contribution is 5.65. The van der Waals surface area contributed by atoms with E-state index in [9.17, 15) is 0 Å². The number of fused-ring (bicyclic) bond motifs is 1. The number of nitrogens with one attached hydrogen (secondary N) is 2. The second-order valence-corrected chi connectivity index (χ2v) is 4.31. The topological polar surface area (TPSA) is 93.2 Å². The molecule has 3 rings (SSSR count). The summed E-state index contributed by atoms with van der Waals surface area (Å²) in [5, 5.41) is 3.29. The van der Waals surface area contributed by atoms with Crippen LogP contribution in [0.25, 0.3) is 5.65 Å². The monoisotopic (exact) mass is 269 g/mol. The van der Waals surface area contributed by atoms with E-state index < -0.39 is 0 Å². The SMILES string of the molecule is NNc1cn2ccnc2c(NCCc2ccncc2)n1. The van der Waals surface area contributed by atoms with Crippen LogP contribution in [0.15, 0.2) is 43.1 Å². The number of rotatable bonds is 5. The fraction of sp³-hybridized carbons (Fsp3) is 0.154. The Kier molecular flexibility index (Phi) is 3.42. The third kappa shape index (κ3) is 2.52. The first kappa shape index (κ1) is 12.4. The minimum Gasteiger partial charge on any atom is -0.367 e. The molecule has 0 atom stereocenters. The Hall–Kier alpha value is -2.67. The number of hydrogen-bond acceptors (Lipinski definition) is 6. The fourth-order valence-corrected chi connectivity index (χ4v) is 1.99. The van der Waals surface area contributed by atoms with Crippen molar-refractivity contribution in [2.45, 2.75) is 6.42 Å². The van der Waals surface area contributed by atoms with E-state index in [1.807, 2.05) is 22.7 Å². The average molecular weight is 269 g/mol. The van der Waals surface area contributed by atoms with Gasteiger partial charge in [0.1, 0.15) is 0 Å². The van der Waals surface area contributed by atoms with E-state index in [1.54, 1.807) is 24.8 Å². The molecule has 20 heavy (non-hydrogen) atoms. The molecule has 3 aromatic heterocycles. The quantitative estimate of drug-likeness (QED) is 0.474. The molecule has 0 radical (unpaired) electrons. The first-order valence-electron chi connectivity index (χ1n) is 6.30. The van der Waals surface area contributed by atoms with E-state index in [4.69, 9.17) is 5.84 Å². The number of pyridine rings is 1. The van der Waals surface area contributed by atoms with E-state index in [-0.39, 0.29) is 0 Å². The number of hydrogen-bond donors (Lipinski definition) is 3. The molecule has 3 heterocycles. The molecule has 7 nitrogen and oxygen atoms in total. The molecule has 3 aromatic rings. The van der Waals surface area contributed by atoms with E-state index in [2.05, 4.69) is 25.7 Å². The van der Waals surface area contributed by atoms with Gasteiger partial charge in [-0.05, 0) is 24.1 Å². The Morgan fingerprint density at radius 3 is 2.85 bits per heavy atom. The Bertz CT molecular complexity index is 692. The third-order valence-corrected chi connectivity index (χ3v) is 2.98. The lowest BCUT2D eigenvalue weighted by molar-refractivity contribution is 0.991. The molecule has 0 fully saturated rings. The van der Waals surface area contributed by atoms with Crippen LogP contribution in [0.5, 0.6) is 0 Å². The maximum absolute atomic E-state index is 5.42. The maximum atomic E-state index is 5.42. The number of aromatic nitrogens is 4. The van der Waals surface area contributed by atoms with Gasteiger partial charge in [-0.25, -0.2) is 15.8 Å². The molecular weight excluding hydrogens is 254 g/mol. The van der Waals surface area contributed by atoms with Gasteiger partial charge in [-0.2, -0.15) is 0 Å². The number of nitrogen functional groups attached to an aromatic ring is 1. The second kappa shape index (κ2) is 5.54. The van der Waals surface area contributed by atoms with Crippen molar-refractivity contribution < 1.29 is 0 Å². The van der Waals surface area contributed by atoms with Gasteiger partial charge in [-0.3, -0.25) is 4.98 Å². The molecular formula is C13H15N7. The van der Waals surface area contributed by atoms with Gasteiger partial charge < -0.3 is 15.1 Å². The van der Waals surface area contributed by atoms with Gasteiger partial charge in [0.2, 0.25) is 0 Å². The van der Waals surface area contributed by atoms with Gasteiger partial charge in [0, 0.05) is 31.3 Å². The summed E-state index contributed by atoms with van der Waals surface area (Å²) in [5.74, 6) is 6.71. The number of anilines is 2. The molecule has 7 heteroatoms. The third-order valence-electron chi connectivity index (χ3n) is 2.98. The fourth-order valence-electron chi connectivity index (χ4n) is 1.99. The van der Waals surface area contributed by atoms with Crippen LogP contribution >= 0.6 is 0 Å². The molecule has 4 N–H and O–H groups in total. The van der Waals surface area contributed by atoms with Crippen LogP contribution in [0.3, 0.4) is 0 Å². The summed E-state index contributed by atoms with van der Waals surface area (Å²) in [7, 11) is 0. The summed E-state index contributed by atoms with van der Waals surface area (Å²) in [6.07, 6.45) is 9.84. The van der Waals surface area contributed by atoms with Crippen LogP contribution in [0.1, 0.15) is 5.56 Å². The van der Waals surface area contributed by atoms with Gasteiger partial charge in [0.05, 0.1) is 6.20 Å². The van der Waals surface area contributed by atoms with Gasteiger partial charge in [-0.15, -0.1) is 0 Å². The van der Waals surface area contributed by atoms with Crippen molar-refractivity contribution in [3.05, 3.63) is 48.7 Å². The normalized spacial score (nSPS) is 10.7. The van der Waals surface area contributed by atoms with Crippen molar-refractivity contribution >= 4 is 17.3 Å². The molecule has 0 unspecified atom stereocenters. The van der Waals surface area contributed by atoms with Crippen LogP contribution in [0, 0.1) is 0 Å². The predicted octanol–water partition coefficient (Wildman–Crippen LogP) is 1.06. The first-order chi connectivity index (χ1) is 9.86. The van der Waals surface area contributed by atoms with Crippen LogP contribution in [0.2, 0.25) is 0 Å². The molecule has 102 valence electrons.